The van der Waals surface area contributed by atoms with E-state index in [4.69, 9.17) is 0 Å². The maximum Gasteiger partial charge on any atom is 0.186 e. The summed E-state index contributed by atoms with van der Waals surface area (Å²) in [6.45, 7) is 0. The van der Waals surface area contributed by atoms with Gasteiger partial charge in [-0.05, 0) is 11.6 Å². The number of allylic oxidation sites excluding steroid dienone is 1. The Morgan fingerprint density at radius 2 is 1.73 bits per heavy atom. The summed E-state index contributed by atoms with van der Waals surface area (Å²) < 4.78 is 0. The summed E-state index contributed by atoms with van der Waals surface area (Å²) in [5, 5.41) is 0. The zero-order valence-corrected chi connectivity index (χ0v) is 8.37. The number of hydrogen-bond acceptors (Lipinski definition) is 1. The van der Waals surface area contributed by atoms with Gasteiger partial charge in [0.05, 0.1) is 0 Å². The van der Waals surface area contributed by atoms with Crippen LogP contribution in [-0.2, 0) is 0 Å². The molecule has 2 heteroatoms. The van der Waals surface area contributed by atoms with Gasteiger partial charge < -0.3 is 0 Å². The van der Waals surface area contributed by atoms with Crippen molar-refractivity contribution in [1.29, 1.82) is 0 Å². The molecule has 2 rings (SSSR count). The van der Waals surface area contributed by atoms with Crippen LogP contribution in [0.3, 0.4) is 0 Å². The van der Waals surface area contributed by atoms with E-state index < -0.39 is 0 Å². The number of carbonyl (C=O) groups excluding carboxylic acids is 1. The first-order valence-corrected chi connectivity index (χ1v) is 3.19. The minimum Gasteiger partial charge on any atom is -0.289 e. The van der Waals surface area contributed by atoms with Crippen LogP contribution < -0.4 is 0 Å². The molecule has 11 heavy (non-hydrogen) atoms. The molecule has 0 saturated heterocycles. The van der Waals surface area contributed by atoms with Gasteiger partial charge >= 0.3 is 0 Å². The molecule has 0 fully saturated rings. The third kappa shape index (κ3) is 1.45. The summed E-state index contributed by atoms with van der Waals surface area (Å²) in [6, 6.07) is 7.60. The maximum absolute atomic E-state index is 11.0. The van der Waals surface area contributed by atoms with Crippen molar-refractivity contribution in [3.63, 3.8) is 0 Å². The molecule has 1 aromatic rings. The molecule has 0 heterocycles. The molecule has 0 unspecified atom stereocenters. The summed E-state index contributed by atoms with van der Waals surface area (Å²) in [5.41, 5.74) is 1.86. The Labute approximate surface area is 87.4 Å². The van der Waals surface area contributed by atoms with Crippen LogP contribution in [-0.4, -0.2) is 35.3 Å². The van der Waals surface area contributed by atoms with Crippen LogP contribution in [0.1, 0.15) is 15.9 Å². The summed E-state index contributed by atoms with van der Waals surface area (Å²) in [6.07, 6.45) is 3.45. The predicted octanol–water partition coefficient (Wildman–Crippen LogP) is 1.52. The topological polar surface area (TPSA) is 17.1 Å². The second-order valence-electron chi connectivity index (χ2n) is 2.28. The Kier molecular flexibility index (Phi) is 2.66. The Balaban J connectivity index is 0.000000605. The van der Waals surface area contributed by atoms with Gasteiger partial charge in [0.2, 0.25) is 0 Å². The normalized spacial score (nSPS) is 12.5. The fourth-order valence-electron chi connectivity index (χ4n) is 1.12. The quantitative estimate of drug-likeness (QED) is 0.516. The summed E-state index contributed by atoms with van der Waals surface area (Å²) in [5.74, 6) is 0.121. The van der Waals surface area contributed by atoms with Gasteiger partial charge in [0.25, 0.3) is 0 Å². The van der Waals surface area contributed by atoms with Crippen LogP contribution in [0, 0.1) is 0 Å². The molecule has 1 aromatic carbocycles. The number of rotatable bonds is 0. The van der Waals surface area contributed by atoms with Crippen molar-refractivity contribution < 1.29 is 4.79 Å². The predicted molar refractivity (Wildman–Crippen MR) is 45.6 cm³/mol. The van der Waals surface area contributed by atoms with E-state index in [9.17, 15) is 4.79 Å². The standard InChI is InChI=1S/C9H6O.Na/c10-9-6-5-7-3-1-2-4-8(7)9;/h1-6H;. The molecular weight excluding hydrogens is 147 g/mol. The van der Waals surface area contributed by atoms with Crippen LogP contribution in [0.15, 0.2) is 30.3 Å². The fraction of sp³-hybridized carbons (Fsp3) is 0. The molecule has 0 N–H and O–H groups in total. The second-order valence-corrected chi connectivity index (χ2v) is 2.28. The molecule has 0 amide bonds. The van der Waals surface area contributed by atoms with Gasteiger partial charge in [-0.2, -0.15) is 0 Å². The molecule has 1 aliphatic carbocycles. The average Bonchev–Trinajstić information content (AvgIpc) is 2.34. The van der Waals surface area contributed by atoms with Crippen LogP contribution >= 0.6 is 0 Å². The first kappa shape index (κ1) is 8.72. The van der Waals surface area contributed by atoms with Crippen molar-refractivity contribution >= 4 is 41.4 Å². The molecule has 1 nitrogen and oxygen atoms in total. The van der Waals surface area contributed by atoms with Gasteiger partial charge in [0.1, 0.15) is 0 Å². The molecule has 1 aliphatic rings. The van der Waals surface area contributed by atoms with E-state index >= 15 is 0 Å². The van der Waals surface area contributed by atoms with Crippen molar-refractivity contribution in [3.05, 3.63) is 41.5 Å². The zero-order chi connectivity index (χ0) is 6.97. The zero-order valence-electron chi connectivity index (χ0n) is 6.37. The van der Waals surface area contributed by atoms with Crippen molar-refractivity contribution in [2.75, 3.05) is 0 Å². The number of ketones is 1. The largest absolute Gasteiger partial charge is 0.289 e. The van der Waals surface area contributed by atoms with Gasteiger partial charge in [-0.1, -0.05) is 30.3 Å². The Morgan fingerprint density at radius 3 is 2.45 bits per heavy atom. The maximum atomic E-state index is 11.0. The van der Waals surface area contributed by atoms with E-state index in [-0.39, 0.29) is 35.3 Å². The molecule has 0 saturated carbocycles. The monoisotopic (exact) mass is 153 g/mol. The molecule has 1 radical (unpaired) electrons. The van der Waals surface area contributed by atoms with Crippen LogP contribution in [0.5, 0.6) is 0 Å². The van der Waals surface area contributed by atoms with E-state index in [0.717, 1.165) is 11.1 Å². The van der Waals surface area contributed by atoms with Gasteiger partial charge in [-0.3, -0.25) is 4.79 Å². The van der Waals surface area contributed by atoms with E-state index in [1.54, 1.807) is 6.08 Å². The minimum atomic E-state index is 0. The van der Waals surface area contributed by atoms with E-state index in [2.05, 4.69) is 0 Å². The number of hydrogen-bond donors (Lipinski definition) is 0. The molecular formula is C9H6NaO. The van der Waals surface area contributed by atoms with Crippen molar-refractivity contribution in [3.8, 4) is 0 Å². The van der Waals surface area contributed by atoms with Crippen LogP contribution in [0.25, 0.3) is 6.08 Å². The average molecular weight is 153 g/mol. The summed E-state index contributed by atoms with van der Waals surface area (Å²) in [4.78, 5) is 11.0. The fourth-order valence-corrected chi connectivity index (χ4v) is 1.12. The minimum absolute atomic E-state index is 0. The second kappa shape index (κ2) is 3.35. The van der Waals surface area contributed by atoms with Crippen molar-refractivity contribution in [1.82, 2.24) is 0 Å². The Morgan fingerprint density at radius 1 is 1.00 bits per heavy atom. The molecule has 0 aliphatic heterocycles. The Bertz CT molecular complexity index is 315. The van der Waals surface area contributed by atoms with Gasteiger partial charge in [0.15, 0.2) is 5.78 Å². The third-order valence-electron chi connectivity index (χ3n) is 1.64. The smallest absolute Gasteiger partial charge is 0.186 e. The van der Waals surface area contributed by atoms with Crippen molar-refractivity contribution in [2.24, 2.45) is 0 Å². The number of carbonyl (C=O) groups is 1. The van der Waals surface area contributed by atoms with Crippen LogP contribution in [0.4, 0.5) is 0 Å². The van der Waals surface area contributed by atoms with Gasteiger partial charge in [0, 0.05) is 35.1 Å². The van der Waals surface area contributed by atoms with Gasteiger partial charge in [-0.15, -0.1) is 0 Å². The SMILES string of the molecule is O=C1C=Cc2ccccc21.[Na]. The number of fused-ring (bicyclic) bond motifs is 1. The van der Waals surface area contributed by atoms with Crippen molar-refractivity contribution in [2.45, 2.75) is 0 Å². The molecule has 0 spiro atoms. The van der Waals surface area contributed by atoms with Gasteiger partial charge in [-0.25, -0.2) is 0 Å². The van der Waals surface area contributed by atoms with Crippen LogP contribution in [0.2, 0.25) is 0 Å². The molecule has 0 bridgehead atoms. The summed E-state index contributed by atoms with van der Waals surface area (Å²) >= 11 is 0. The summed E-state index contributed by atoms with van der Waals surface area (Å²) in [7, 11) is 0. The number of benzene rings is 1. The first-order chi connectivity index (χ1) is 4.88. The third-order valence-corrected chi connectivity index (χ3v) is 1.64. The van der Waals surface area contributed by atoms with E-state index in [0.29, 0.717) is 0 Å². The van der Waals surface area contributed by atoms with E-state index in [1.807, 2.05) is 30.3 Å². The molecule has 0 atom stereocenters. The Hall–Kier alpha value is -0.370. The van der Waals surface area contributed by atoms with E-state index in [1.165, 1.54) is 0 Å². The molecule has 49 valence electrons. The first-order valence-electron chi connectivity index (χ1n) is 3.19. The molecule has 0 aromatic heterocycles.